The van der Waals surface area contributed by atoms with Gasteiger partial charge in [0.05, 0.1) is 11.1 Å². The summed E-state index contributed by atoms with van der Waals surface area (Å²) in [7, 11) is 0. The Labute approximate surface area is 168 Å². The van der Waals surface area contributed by atoms with Crippen molar-refractivity contribution in [1.29, 1.82) is 0 Å². The van der Waals surface area contributed by atoms with Gasteiger partial charge in [0.2, 0.25) is 0 Å². The van der Waals surface area contributed by atoms with Gasteiger partial charge in [0.1, 0.15) is 4.83 Å². The summed E-state index contributed by atoms with van der Waals surface area (Å²) in [5, 5.41) is 9.43. The molecule has 3 aromatic heterocycles. The minimum absolute atomic E-state index is 0.0200. The number of benzene rings is 1. The lowest BCUT2D eigenvalue weighted by molar-refractivity contribution is 0.672. The maximum Gasteiger partial charge on any atom is 0.263 e. The monoisotopic (exact) mass is 412 g/mol. The predicted molar refractivity (Wildman–Crippen MR) is 115 cm³/mol. The van der Waals surface area contributed by atoms with Crippen LogP contribution < -0.4 is 10.9 Å². The summed E-state index contributed by atoms with van der Waals surface area (Å²) in [6.45, 7) is 4.20. The number of thiophene rings is 1. The fourth-order valence-electron chi connectivity index (χ4n) is 2.54. The summed E-state index contributed by atoms with van der Waals surface area (Å²) in [4.78, 5) is 22.7. The van der Waals surface area contributed by atoms with E-state index >= 15 is 0 Å². The summed E-state index contributed by atoms with van der Waals surface area (Å²) < 4.78 is 1.67. The third kappa shape index (κ3) is 3.97. The Hall–Kier alpha value is -2.42. The van der Waals surface area contributed by atoms with E-state index in [1.165, 1.54) is 23.1 Å². The molecule has 4 rings (SSSR count). The largest absolute Gasteiger partial charge is 0.332 e. The molecule has 0 aliphatic rings. The van der Waals surface area contributed by atoms with Crippen LogP contribution in [0.5, 0.6) is 0 Å². The van der Waals surface area contributed by atoms with Gasteiger partial charge < -0.3 is 5.32 Å². The van der Waals surface area contributed by atoms with E-state index in [-0.39, 0.29) is 5.56 Å². The quantitative estimate of drug-likeness (QED) is 0.259. The van der Waals surface area contributed by atoms with Gasteiger partial charge >= 0.3 is 0 Å². The number of rotatable bonds is 7. The van der Waals surface area contributed by atoms with Gasteiger partial charge in [0.15, 0.2) is 10.3 Å². The van der Waals surface area contributed by atoms with Crippen LogP contribution in [0.4, 0.5) is 10.8 Å². The Morgan fingerprint density at radius 2 is 2.04 bits per heavy atom. The molecule has 0 aliphatic carbocycles. The molecule has 0 amide bonds. The molecule has 27 heavy (non-hydrogen) atoms. The second kappa shape index (κ2) is 8.08. The number of anilines is 2. The van der Waals surface area contributed by atoms with Crippen molar-refractivity contribution in [3.63, 3.8) is 0 Å². The molecule has 8 heteroatoms. The number of nitrogens with one attached hydrogen (secondary N) is 1. The van der Waals surface area contributed by atoms with Crippen LogP contribution in [0.1, 0.15) is 5.69 Å². The summed E-state index contributed by atoms with van der Waals surface area (Å²) in [6, 6.07) is 11.8. The first-order chi connectivity index (χ1) is 13.2. The lowest BCUT2D eigenvalue weighted by Gasteiger charge is -2.09. The third-order valence-electron chi connectivity index (χ3n) is 3.79. The number of hydrogen-bond donors (Lipinski definition) is 1. The first kappa shape index (κ1) is 18.0. The Morgan fingerprint density at radius 1 is 1.19 bits per heavy atom. The van der Waals surface area contributed by atoms with E-state index in [0.29, 0.717) is 22.8 Å². The number of fused-ring (bicyclic) bond motifs is 1. The number of aromatic nitrogens is 3. The number of nitrogens with zero attached hydrogens (tertiary/aromatic N) is 3. The summed E-state index contributed by atoms with van der Waals surface area (Å²) in [6.07, 6.45) is 1.72. The zero-order valence-electron chi connectivity index (χ0n) is 14.3. The van der Waals surface area contributed by atoms with E-state index < -0.39 is 0 Å². The van der Waals surface area contributed by atoms with E-state index in [0.717, 1.165) is 21.3 Å². The molecular formula is C19H16N4OS3. The molecule has 4 aromatic rings. The van der Waals surface area contributed by atoms with Crippen LogP contribution in [0.3, 0.4) is 0 Å². The number of allylic oxidation sites excluding steroid dienone is 1. The van der Waals surface area contributed by atoms with Gasteiger partial charge in [-0.15, -0.1) is 29.3 Å². The molecule has 5 nitrogen and oxygen atoms in total. The zero-order chi connectivity index (χ0) is 18.6. The molecule has 0 bridgehead atoms. The first-order valence-electron chi connectivity index (χ1n) is 8.23. The fourth-order valence-corrected chi connectivity index (χ4v) is 5.09. The van der Waals surface area contributed by atoms with Gasteiger partial charge in [0, 0.05) is 23.4 Å². The van der Waals surface area contributed by atoms with Crippen molar-refractivity contribution in [3.8, 4) is 0 Å². The van der Waals surface area contributed by atoms with E-state index in [4.69, 9.17) is 0 Å². The second-order valence-electron chi connectivity index (χ2n) is 5.66. The van der Waals surface area contributed by atoms with Crippen molar-refractivity contribution >= 4 is 55.5 Å². The van der Waals surface area contributed by atoms with Crippen LogP contribution >= 0.6 is 34.4 Å². The lowest BCUT2D eigenvalue weighted by atomic mass is 10.3. The van der Waals surface area contributed by atoms with Crippen LogP contribution in [-0.4, -0.2) is 14.5 Å². The van der Waals surface area contributed by atoms with E-state index in [1.54, 1.807) is 22.0 Å². The standard InChI is InChI=1S/C19H16N4OS3/c1-2-9-23-17(24)15-8-10-25-16(15)22-19(23)27-12-14-11-26-18(21-14)20-13-6-4-3-5-7-13/h2-8,10-11H,1,9,12H2,(H,20,21). The molecule has 0 fully saturated rings. The van der Waals surface area contributed by atoms with Gasteiger partial charge in [-0.1, -0.05) is 36.0 Å². The maximum atomic E-state index is 12.7. The number of para-hydroxylation sites is 1. The minimum atomic E-state index is -0.0200. The van der Waals surface area contributed by atoms with Gasteiger partial charge in [-0.2, -0.15) is 0 Å². The predicted octanol–water partition coefficient (Wildman–Crippen LogP) is 5.14. The van der Waals surface area contributed by atoms with Crippen LogP contribution in [0, 0.1) is 0 Å². The lowest BCUT2D eigenvalue weighted by Crippen LogP contribution is -2.22. The van der Waals surface area contributed by atoms with Crippen LogP contribution in [-0.2, 0) is 12.3 Å². The molecule has 0 saturated carbocycles. The minimum Gasteiger partial charge on any atom is -0.332 e. The Morgan fingerprint density at radius 3 is 2.85 bits per heavy atom. The van der Waals surface area contributed by atoms with Gasteiger partial charge in [-0.25, -0.2) is 9.97 Å². The molecule has 136 valence electrons. The van der Waals surface area contributed by atoms with Gasteiger partial charge in [0.25, 0.3) is 5.56 Å². The molecule has 0 unspecified atom stereocenters. The van der Waals surface area contributed by atoms with Crippen LogP contribution in [0.15, 0.2) is 69.8 Å². The highest BCUT2D eigenvalue weighted by molar-refractivity contribution is 7.98. The molecule has 0 spiro atoms. The zero-order valence-corrected chi connectivity index (χ0v) is 16.7. The highest BCUT2D eigenvalue weighted by atomic mass is 32.2. The molecule has 0 saturated heterocycles. The molecule has 3 heterocycles. The van der Waals surface area contributed by atoms with E-state index in [2.05, 4.69) is 21.9 Å². The summed E-state index contributed by atoms with van der Waals surface area (Å²) in [5.74, 6) is 0.646. The number of thiazole rings is 1. The molecule has 0 radical (unpaired) electrons. The normalized spacial score (nSPS) is 11.0. The number of thioether (sulfide) groups is 1. The smallest absolute Gasteiger partial charge is 0.263 e. The topological polar surface area (TPSA) is 59.8 Å². The number of hydrogen-bond acceptors (Lipinski definition) is 7. The first-order valence-corrected chi connectivity index (χ1v) is 11.0. The SMILES string of the molecule is C=CCn1c(SCc2csc(Nc3ccccc3)n2)nc2sccc2c1=O. The highest BCUT2D eigenvalue weighted by Gasteiger charge is 2.13. The third-order valence-corrected chi connectivity index (χ3v) is 6.41. The van der Waals surface area contributed by atoms with Gasteiger partial charge in [-0.3, -0.25) is 9.36 Å². The maximum absolute atomic E-state index is 12.7. The van der Waals surface area contributed by atoms with Gasteiger partial charge in [-0.05, 0) is 23.6 Å². The van der Waals surface area contributed by atoms with Crippen molar-refractivity contribution in [2.24, 2.45) is 0 Å². The molecule has 1 N–H and O–H groups in total. The Balaban J connectivity index is 1.52. The van der Waals surface area contributed by atoms with E-state index in [9.17, 15) is 4.79 Å². The van der Waals surface area contributed by atoms with Crippen molar-refractivity contribution in [2.45, 2.75) is 17.5 Å². The van der Waals surface area contributed by atoms with Crippen LogP contribution in [0.25, 0.3) is 10.2 Å². The highest BCUT2D eigenvalue weighted by Crippen LogP contribution is 2.27. The average molecular weight is 413 g/mol. The summed E-state index contributed by atoms with van der Waals surface area (Å²) in [5.41, 5.74) is 1.94. The Kier molecular flexibility index (Phi) is 5.38. The fraction of sp³-hybridized carbons (Fsp3) is 0.105. The second-order valence-corrected chi connectivity index (χ2v) is 8.36. The van der Waals surface area contributed by atoms with Crippen molar-refractivity contribution < 1.29 is 0 Å². The van der Waals surface area contributed by atoms with Crippen molar-refractivity contribution in [2.75, 3.05) is 5.32 Å². The van der Waals surface area contributed by atoms with Crippen molar-refractivity contribution in [1.82, 2.24) is 14.5 Å². The Bertz CT molecular complexity index is 1130. The van der Waals surface area contributed by atoms with E-state index in [1.807, 2.05) is 47.2 Å². The van der Waals surface area contributed by atoms with Crippen molar-refractivity contribution in [3.05, 3.63) is 75.9 Å². The van der Waals surface area contributed by atoms with Crippen LogP contribution in [0.2, 0.25) is 0 Å². The summed E-state index contributed by atoms with van der Waals surface area (Å²) >= 11 is 4.56. The average Bonchev–Trinajstić information content (AvgIpc) is 3.33. The molecule has 0 aliphatic heterocycles. The molecule has 0 atom stereocenters. The molecular weight excluding hydrogens is 396 g/mol. The molecule has 1 aromatic carbocycles.